The molecule has 2 saturated carbocycles. The lowest BCUT2D eigenvalue weighted by molar-refractivity contribution is -0.129. The standard InChI is InChI=1S/C25H26FN3O3/c26-17-9-7-16(8-10-17)25(13-3-4-14-25)28-21(30)15-27-23(31)22-19-5-1-2-6-20(19)24(32)29(22)18-11-12-18/h1-2,5-10,18,22H,3-4,11-15H2,(H,27,31)(H,28,30). The molecule has 1 atom stereocenters. The molecular weight excluding hydrogens is 409 g/mol. The first-order valence-corrected chi connectivity index (χ1v) is 11.2. The van der Waals surface area contributed by atoms with Crippen molar-refractivity contribution in [3.8, 4) is 0 Å². The van der Waals surface area contributed by atoms with Gasteiger partial charge in [0.1, 0.15) is 11.9 Å². The summed E-state index contributed by atoms with van der Waals surface area (Å²) in [4.78, 5) is 40.4. The number of fused-ring (bicyclic) bond motifs is 1. The van der Waals surface area contributed by atoms with Crippen LogP contribution in [-0.2, 0) is 15.1 Å². The van der Waals surface area contributed by atoms with Crippen LogP contribution in [0.1, 0.15) is 66.1 Å². The summed E-state index contributed by atoms with van der Waals surface area (Å²) in [5.74, 6) is -1.06. The van der Waals surface area contributed by atoms with Crippen LogP contribution in [0.5, 0.6) is 0 Å². The number of hydrogen-bond acceptors (Lipinski definition) is 3. The Morgan fingerprint density at radius 1 is 1.03 bits per heavy atom. The molecule has 2 aromatic rings. The Hall–Kier alpha value is -3.22. The Kier molecular flexibility index (Phi) is 5.19. The molecule has 32 heavy (non-hydrogen) atoms. The van der Waals surface area contributed by atoms with Crippen LogP contribution >= 0.6 is 0 Å². The Balaban J connectivity index is 1.28. The quantitative estimate of drug-likeness (QED) is 0.732. The molecule has 1 aliphatic heterocycles. The molecule has 1 unspecified atom stereocenters. The second kappa shape index (κ2) is 8.04. The lowest BCUT2D eigenvalue weighted by Gasteiger charge is -2.31. The van der Waals surface area contributed by atoms with Crippen molar-refractivity contribution in [2.45, 2.75) is 56.1 Å². The number of amides is 3. The summed E-state index contributed by atoms with van der Waals surface area (Å²) in [5, 5.41) is 5.84. The summed E-state index contributed by atoms with van der Waals surface area (Å²) in [6.45, 7) is -0.173. The first kappa shape index (κ1) is 20.7. The molecule has 166 valence electrons. The number of rotatable bonds is 6. The second-order valence-electron chi connectivity index (χ2n) is 9.00. The van der Waals surface area contributed by atoms with Crippen LogP contribution < -0.4 is 10.6 Å². The van der Waals surface area contributed by atoms with Crippen LogP contribution in [0, 0.1) is 5.82 Å². The van der Waals surface area contributed by atoms with E-state index in [1.165, 1.54) is 12.1 Å². The van der Waals surface area contributed by atoms with Gasteiger partial charge in [0, 0.05) is 11.6 Å². The molecule has 2 aliphatic carbocycles. The van der Waals surface area contributed by atoms with E-state index in [4.69, 9.17) is 0 Å². The van der Waals surface area contributed by atoms with Crippen LogP contribution in [0.2, 0.25) is 0 Å². The number of carbonyl (C=O) groups is 3. The van der Waals surface area contributed by atoms with Gasteiger partial charge in [-0.05, 0) is 55.0 Å². The highest BCUT2D eigenvalue weighted by Gasteiger charge is 2.47. The van der Waals surface area contributed by atoms with Gasteiger partial charge in [0.2, 0.25) is 11.8 Å². The lowest BCUT2D eigenvalue weighted by atomic mass is 9.88. The Bertz CT molecular complexity index is 1060. The van der Waals surface area contributed by atoms with E-state index in [1.807, 2.05) is 12.1 Å². The van der Waals surface area contributed by atoms with Crippen LogP contribution in [-0.4, -0.2) is 35.2 Å². The van der Waals surface area contributed by atoms with Gasteiger partial charge in [-0.15, -0.1) is 0 Å². The van der Waals surface area contributed by atoms with E-state index in [1.54, 1.807) is 29.2 Å². The highest BCUT2D eigenvalue weighted by molar-refractivity contribution is 6.05. The predicted octanol–water partition coefficient (Wildman–Crippen LogP) is 3.19. The van der Waals surface area contributed by atoms with Crippen LogP contribution in [0.25, 0.3) is 0 Å². The molecule has 5 rings (SSSR count). The largest absolute Gasteiger partial charge is 0.345 e. The van der Waals surface area contributed by atoms with E-state index in [0.717, 1.165) is 44.1 Å². The monoisotopic (exact) mass is 435 g/mol. The molecule has 7 heteroatoms. The number of hydrogen-bond donors (Lipinski definition) is 2. The highest BCUT2D eigenvalue weighted by Crippen LogP contribution is 2.42. The van der Waals surface area contributed by atoms with Gasteiger partial charge in [0.05, 0.1) is 12.1 Å². The number of nitrogens with zero attached hydrogens (tertiary/aromatic N) is 1. The molecule has 0 bridgehead atoms. The maximum atomic E-state index is 13.4. The molecule has 2 aromatic carbocycles. The molecular formula is C25H26FN3O3. The Morgan fingerprint density at radius 2 is 1.72 bits per heavy atom. The number of benzene rings is 2. The zero-order chi connectivity index (χ0) is 22.3. The third-order valence-electron chi connectivity index (χ3n) is 6.84. The van der Waals surface area contributed by atoms with Crippen molar-refractivity contribution >= 4 is 17.7 Å². The van der Waals surface area contributed by atoms with Crippen molar-refractivity contribution < 1.29 is 18.8 Å². The van der Waals surface area contributed by atoms with E-state index < -0.39 is 11.6 Å². The normalized spacial score (nSPS) is 21.3. The summed E-state index contributed by atoms with van der Waals surface area (Å²) in [6, 6.07) is 12.8. The molecule has 0 radical (unpaired) electrons. The van der Waals surface area contributed by atoms with Gasteiger partial charge in [-0.3, -0.25) is 14.4 Å². The fraction of sp³-hybridized carbons (Fsp3) is 0.400. The average Bonchev–Trinajstić information content (AvgIpc) is 3.45. The molecule has 1 heterocycles. The molecule has 0 saturated heterocycles. The maximum Gasteiger partial charge on any atom is 0.255 e. The fourth-order valence-electron chi connectivity index (χ4n) is 5.14. The van der Waals surface area contributed by atoms with Gasteiger partial charge >= 0.3 is 0 Å². The maximum absolute atomic E-state index is 13.4. The molecule has 0 spiro atoms. The van der Waals surface area contributed by atoms with E-state index >= 15 is 0 Å². The van der Waals surface area contributed by atoms with Gasteiger partial charge < -0.3 is 15.5 Å². The fourth-order valence-corrected chi connectivity index (χ4v) is 5.14. The molecule has 6 nitrogen and oxygen atoms in total. The summed E-state index contributed by atoms with van der Waals surface area (Å²) >= 11 is 0. The van der Waals surface area contributed by atoms with Gasteiger partial charge in [0.25, 0.3) is 5.91 Å². The van der Waals surface area contributed by atoms with Crippen LogP contribution in [0.15, 0.2) is 48.5 Å². The first-order chi connectivity index (χ1) is 15.5. The average molecular weight is 435 g/mol. The van der Waals surface area contributed by atoms with Crippen molar-refractivity contribution in [3.05, 3.63) is 71.0 Å². The third-order valence-corrected chi connectivity index (χ3v) is 6.84. The highest BCUT2D eigenvalue weighted by atomic mass is 19.1. The molecule has 2 fully saturated rings. The lowest BCUT2D eigenvalue weighted by Crippen LogP contribution is -2.49. The predicted molar refractivity (Wildman–Crippen MR) is 116 cm³/mol. The SMILES string of the molecule is O=C(CNC(=O)C1c2ccccc2C(=O)N1C1CC1)NC1(c2ccc(F)cc2)CCCC1. The van der Waals surface area contributed by atoms with Crippen LogP contribution in [0.4, 0.5) is 4.39 Å². The van der Waals surface area contributed by atoms with Gasteiger partial charge in [-0.2, -0.15) is 0 Å². The summed E-state index contributed by atoms with van der Waals surface area (Å²) in [6.07, 6.45) is 5.29. The molecule has 2 N–H and O–H groups in total. The third kappa shape index (κ3) is 3.66. The topological polar surface area (TPSA) is 78.5 Å². The van der Waals surface area contributed by atoms with Gasteiger partial charge in [0.15, 0.2) is 0 Å². The zero-order valence-electron chi connectivity index (χ0n) is 17.8. The van der Waals surface area contributed by atoms with Crippen molar-refractivity contribution in [2.24, 2.45) is 0 Å². The molecule has 3 amide bonds. The van der Waals surface area contributed by atoms with E-state index in [0.29, 0.717) is 11.1 Å². The number of carbonyl (C=O) groups excluding carboxylic acids is 3. The van der Waals surface area contributed by atoms with Gasteiger partial charge in [-0.25, -0.2) is 4.39 Å². The van der Waals surface area contributed by atoms with Crippen LogP contribution in [0.3, 0.4) is 0 Å². The van der Waals surface area contributed by atoms with Crippen molar-refractivity contribution in [3.63, 3.8) is 0 Å². The molecule has 0 aromatic heterocycles. The van der Waals surface area contributed by atoms with Crippen molar-refractivity contribution in [1.29, 1.82) is 0 Å². The second-order valence-corrected chi connectivity index (χ2v) is 9.00. The Labute approximate surface area is 186 Å². The number of nitrogens with one attached hydrogen (secondary N) is 2. The van der Waals surface area contributed by atoms with Gasteiger partial charge in [-0.1, -0.05) is 43.2 Å². The molecule has 3 aliphatic rings. The minimum absolute atomic E-state index is 0.0831. The van der Waals surface area contributed by atoms with E-state index in [2.05, 4.69) is 10.6 Å². The summed E-state index contributed by atoms with van der Waals surface area (Å²) < 4.78 is 13.4. The Morgan fingerprint density at radius 3 is 2.41 bits per heavy atom. The van der Waals surface area contributed by atoms with E-state index in [9.17, 15) is 18.8 Å². The minimum atomic E-state index is -0.698. The first-order valence-electron chi connectivity index (χ1n) is 11.2. The summed E-state index contributed by atoms with van der Waals surface area (Å²) in [7, 11) is 0. The van der Waals surface area contributed by atoms with Crippen molar-refractivity contribution in [1.82, 2.24) is 15.5 Å². The smallest absolute Gasteiger partial charge is 0.255 e. The number of halogens is 1. The minimum Gasteiger partial charge on any atom is -0.345 e. The zero-order valence-corrected chi connectivity index (χ0v) is 17.8. The van der Waals surface area contributed by atoms with Crippen molar-refractivity contribution in [2.75, 3.05) is 6.54 Å². The summed E-state index contributed by atoms with van der Waals surface area (Å²) in [5.41, 5.74) is 1.60. The van der Waals surface area contributed by atoms with E-state index in [-0.39, 0.29) is 36.1 Å².